The summed E-state index contributed by atoms with van der Waals surface area (Å²) in [5, 5.41) is 10.5. The Bertz CT molecular complexity index is 577. The van der Waals surface area contributed by atoms with Crippen LogP contribution in [0.3, 0.4) is 0 Å². The predicted octanol–water partition coefficient (Wildman–Crippen LogP) is 4.94. The lowest BCUT2D eigenvalue weighted by atomic mass is 10.1. The predicted molar refractivity (Wildman–Crippen MR) is 86.0 cm³/mol. The fourth-order valence-corrected chi connectivity index (χ4v) is 3.03. The minimum absolute atomic E-state index is 0.260. The van der Waals surface area contributed by atoms with Crippen LogP contribution in [0, 0.1) is 5.82 Å². The number of aliphatic hydroxyl groups is 1. The van der Waals surface area contributed by atoms with Gasteiger partial charge in [-0.1, -0.05) is 27.5 Å². The molecule has 5 heteroatoms. The van der Waals surface area contributed by atoms with E-state index in [0.717, 1.165) is 9.37 Å². The average molecular weight is 376 g/mol. The summed E-state index contributed by atoms with van der Waals surface area (Å²) in [7, 11) is 0. The Balaban J connectivity index is 1.90. The maximum absolute atomic E-state index is 13.6. The van der Waals surface area contributed by atoms with Gasteiger partial charge in [0.15, 0.2) is 0 Å². The molecule has 0 aliphatic heterocycles. The van der Waals surface area contributed by atoms with E-state index in [0.29, 0.717) is 16.3 Å². The van der Waals surface area contributed by atoms with Crippen molar-refractivity contribution in [1.29, 1.82) is 0 Å². The first-order chi connectivity index (χ1) is 9.54. The number of rotatable bonds is 5. The Hall–Kier alpha value is -0.550. The summed E-state index contributed by atoms with van der Waals surface area (Å²) in [4.78, 5) is 1.07. The van der Waals surface area contributed by atoms with E-state index in [-0.39, 0.29) is 12.2 Å². The zero-order chi connectivity index (χ0) is 14.5. The van der Waals surface area contributed by atoms with E-state index in [2.05, 4.69) is 15.9 Å². The van der Waals surface area contributed by atoms with Crippen molar-refractivity contribution < 1.29 is 9.50 Å². The lowest BCUT2D eigenvalue weighted by molar-refractivity contribution is 0.198. The average Bonchev–Trinajstić information content (AvgIpc) is 2.42. The Morgan fingerprint density at radius 1 is 1.20 bits per heavy atom. The van der Waals surface area contributed by atoms with Gasteiger partial charge in [-0.05, 0) is 48.0 Å². The number of hydrogen-bond acceptors (Lipinski definition) is 2. The first kappa shape index (κ1) is 15.8. The van der Waals surface area contributed by atoms with E-state index in [1.807, 2.05) is 24.3 Å². The van der Waals surface area contributed by atoms with E-state index in [4.69, 9.17) is 11.6 Å². The van der Waals surface area contributed by atoms with Crippen LogP contribution in [0.5, 0.6) is 0 Å². The molecule has 0 fully saturated rings. The molecule has 0 aliphatic carbocycles. The molecule has 0 heterocycles. The van der Waals surface area contributed by atoms with E-state index >= 15 is 0 Å². The minimum atomic E-state index is -0.614. The van der Waals surface area contributed by atoms with Gasteiger partial charge in [0, 0.05) is 26.6 Å². The molecular weight excluding hydrogens is 363 g/mol. The highest BCUT2D eigenvalue weighted by atomic mass is 79.9. The molecule has 0 aromatic heterocycles. The molecule has 1 atom stereocenters. The third-order valence-electron chi connectivity index (χ3n) is 2.72. The van der Waals surface area contributed by atoms with Gasteiger partial charge in [-0.25, -0.2) is 4.39 Å². The topological polar surface area (TPSA) is 20.2 Å². The molecule has 2 aromatic carbocycles. The summed E-state index contributed by atoms with van der Waals surface area (Å²) in [5.41, 5.74) is 0.446. The normalized spacial score (nSPS) is 12.4. The highest BCUT2D eigenvalue weighted by molar-refractivity contribution is 9.10. The lowest BCUT2D eigenvalue weighted by Crippen LogP contribution is -2.14. The first-order valence-corrected chi connectivity index (χ1v) is 8.20. The molecule has 0 aliphatic rings. The number of aliphatic hydroxyl groups excluding tert-OH is 1. The highest BCUT2D eigenvalue weighted by Crippen LogP contribution is 2.23. The second-order valence-electron chi connectivity index (χ2n) is 4.36. The van der Waals surface area contributed by atoms with Gasteiger partial charge < -0.3 is 5.11 Å². The van der Waals surface area contributed by atoms with Crippen LogP contribution >= 0.6 is 39.3 Å². The van der Waals surface area contributed by atoms with Crippen LogP contribution in [-0.4, -0.2) is 17.0 Å². The summed E-state index contributed by atoms with van der Waals surface area (Å²) in [6.07, 6.45) is -0.354. The van der Waals surface area contributed by atoms with Crippen LogP contribution in [0.2, 0.25) is 5.02 Å². The lowest BCUT2D eigenvalue weighted by Gasteiger charge is -2.11. The van der Waals surface area contributed by atoms with Crippen LogP contribution in [0.4, 0.5) is 4.39 Å². The van der Waals surface area contributed by atoms with Gasteiger partial charge >= 0.3 is 0 Å². The zero-order valence-electron chi connectivity index (χ0n) is 10.5. The van der Waals surface area contributed by atoms with Crippen molar-refractivity contribution >= 4 is 39.3 Å². The van der Waals surface area contributed by atoms with Crippen molar-refractivity contribution in [3.05, 3.63) is 63.3 Å². The summed E-state index contributed by atoms with van der Waals surface area (Å²) < 4.78 is 14.6. The number of thioether (sulfide) groups is 1. The van der Waals surface area contributed by atoms with Gasteiger partial charge in [-0.15, -0.1) is 11.8 Å². The van der Waals surface area contributed by atoms with E-state index in [1.54, 1.807) is 17.8 Å². The van der Waals surface area contributed by atoms with Gasteiger partial charge in [-0.3, -0.25) is 0 Å². The standard InChI is InChI=1S/C15H13BrClFOS/c16-11-1-4-14(5-2-11)20-9-13(19)8-10-7-12(17)3-6-15(10)18/h1-7,13,19H,8-9H2. The summed E-state index contributed by atoms with van der Waals surface area (Å²) in [6.45, 7) is 0. The van der Waals surface area contributed by atoms with Crippen molar-refractivity contribution in [2.24, 2.45) is 0 Å². The fraction of sp³-hybridized carbons (Fsp3) is 0.200. The maximum Gasteiger partial charge on any atom is 0.126 e. The van der Waals surface area contributed by atoms with Gasteiger partial charge in [0.05, 0.1) is 6.10 Å². The highest BCUT2D eigenvalue weighted by Gasteiger charge is 2.10. The molecule has 0 amide bonds. The molecular formula is C15H13BrClFOS. The molecule has 0 saturated heterocycles. The molecule has 1 N–H and O–H groups in total. The Morgan fingerprint density at radius 3 is 2.60 bits per heavy atom. The van der Waals surface area contributed by atoms with Crippen molar-refractivity contribution in [3.63, 3.8) is 0 Å². The van der Waals surface area contributed by atoms with Crippen LogP contribution in [-0.2, 0) is 6.42 Å². The maximum atomic E-state index is 13.6. The smallest absolute Gasteiger partial charge is 0.126 e. The Morgan fingerprint density at radius 2 is 1.90 bits per heavy atom. The van der Waals surface area contributed by atoms with Crippen LogP contribution < -0.4 is 0 Å². The largest absolute Gasteiger partial charge is 0.392 e. The van der Waals surface area contributed by atoms with Gasteiger partial charge in [-0.2, -0.15) is 0 Å². The third kappa shape index (κ3) is 4.77. The van der Waals surface area contributed by atoms with Crippen molar-refractivity contribution in [2.75, 3.05) is 5.75 Å². The molecule has 0 spiro atoms. The minimum Gasteiger partial charge on any atom is -0.392 e. The third-order valence-corrected chi connectivity index (χ3v) is 4.64. The number of hydrogen-bond donors (Lipinski definition) is 1. The number of halogens is 3. The SMILES string of the molecule is OC(CSc1ccc(Br)cc1)Cc1cc(Cl)ccc1F. The van der Waals surface area contributed by atoms with E-state index < -0.39 is 6.10 Å². The molecule has 106 valence electrons. The zero-order valence-corrected chi connectivity index (χ0v) is 13.7. The van der Waals surface area contributed by atoms with Crippen molar-refractivity contribution in [2.45, 2.75) is 17.4 Å². The van der Waals surface area contributed by atoms with Crippen LogP contribution in [0.25, 0.3) is 0 Å². The number of benzene rings is 2. The molecule has 2 aromatic rings. The van der Waals surface area contributed by atoms with Gasteiger partial charge in [0.2, 0.25) is 0 Å². The van der Waals surface area contributed by atoms with Crippen molar-refractivity contribution in [1.82, 2.24) is 0 Å². The second kappa shape index (κ2) is 7.46. The molecule has 2 rings (SSSR count). The van der Waals surface area contributed by atoms with Crippen molar-refractivity contribution in [3.8, 4) is 0 Å². The van der Waals surface area contributed by atoms with Gasteiger partial charge in [0.25, 0.3) is 0 Å². The molecule has 1 unspecified atom stereocenters. The molecule has 1 nitrogen and oxygen atoms in total. The van der Waals surface area contributed by atoms with E-state index in [1.165, 1.54) is 12.1 Å². The first-order valence-electron chi connectivity index (χ1n) is 6.05. The van der Waals surface area contributed by atoms with Crippen LogP contribution in [0.15, 0.2) is 51.8 Å². The fourth-order valence-electron chi connectivity index (χ4n) is 1.74. The molecule has 20 heavy (non-hydrogen) atoms. The summed E-state index contributed by atoms with van der Waals surface area (Å²) in [5.74, 6) is 0.176. The van der Waals surface area contributed by atoms with Crippen LogP contribution in [0.1, 0.15) is 5.56 Å². The quantitative estimate of drug-likeness (QED) is 0.747. The second-order valence-corrected chi connectivity index (χ2v) is 6.80. The Kier molecular flexibility index (Phi) is 5.90. The van der Waals surface area contributed by atoms with Gasteiger partial charge in [0.1, 0.15) is 5.82 Å². The Labute approximate surface area is 135 Å². The molecule has 0 bridgehead atoms. The van der Waals surface area contributed by atoms with E-state index in [9.17, 15) is 9.50 Å². The molecule has 0 saturated carbocycles. The summed E-state index contributed by atoms with van der Waals surface area (Å²) in [6, 6.07) is 12.2. The monoisotopic (exact) mass is 374 g/mol. The molecule has 0 radical (unpaired) electrons. The summed E-state index contributed by atoms with van der Waals surface area (Å²) >= 11 is 10.7.